The van der Waals surface area contributed by atoms with Gasteiger partial charge >= 0.3 is 0 Å². The van der Waals surface area contributed by atoms with Crippen molar-refractivity contribution < 1.29 is 14.6 Å². The average Bonchev–Trinajstić information content (AvgIpc) is 2.60. The van der Waals surface area contributed by atoms with Gasteiger partial charge in [-0.15, -0.1) is 0 Å². The predicted octanol–water partition coefficient (Wildman–Crippen LogP) is 3.24. The number of benzene rings is 2. The van der Waals surface area contributed by atoms with Crippen molar-refractivity contribution in [3.63, 3.8) is 0 Å². The Hall–Kier alpha value is -2.49. The second-order valence-corrected chi connectivity index (χ2v) is 6.11. The van der Waals surface area contributed by atoms with Crippen molar-refractivity contribution in [1.29, 1.82) is 0 Å². The zero-order chi connectivity index (χ0) is 15.8. The van der Waals surface area contributed by atoms with Crippen LogP contribution in [-0.4, -0.2) is 24.2 Å². The fourth-order valence-electron chi connectivity index (χ4n) is 3.64. The number of phenols is 1. The Kier molecular flexibility index (Phi) is 3.45. The lowest BCUT2D eigenvalue weighted by atomic mass is 9.90. The van der Waals surface area contributed by atoms with Gasteiger partial charge in [-0.1, -0.05) is 30.3 Å². The zero-order valence-corrected chi connectivity index (χ0v) is 12.9. The summed E-state index contributed by atoms with van der Waals surface area (Å²) >= 11 is 0. The molecule has 2 aromatic carbocycles. The van der Waals surface area contributed by atoms with E-state index in [4.69, 9.17) is 4.74 Å². The Labute approximate surface area is 135 Å². The third-order valence-corrected chi connectivity index (χ3v) is 4.72. The number of ether oxygens (including phenoxy) is 1. The number of aryl methyl sites for hydroxylation is 1. The van der Waals surface area contributed by atoms with Crippen LogP contribution in [0.4, 0.5) is 5.69 Å². The number of fused-ring (bicyclic) bond motifs is 2. The second-order valence-electron chi connectivity index (χ2n) is 6.11. The number of carbonyl (C=O) groups excluding carboxylic acids is 1. The van der Waals surface area contributed by atoms with Gasteiger partial charge in [0, 0.05) is 12.1 Å². The summed E-state index contributed by atoms with van der Waals surface area (Å²) in [6, 6.07) is 13.2. The standard InChI is InChI=1S/C19H19NO3/c21-16-8-3-5-13-6-4-11-20(18(13)16)19(22)15-10-12-23-17-9-2-1-7-14(15)17/h1-3,5,7-9,15,21H,4,6,10-12H2. The smallest absolute Gasteiger partial charge is 0.234 e. The van der Waals surface area contributed by atoms with Crippen LogP contribution in [0.1, 0.15) is 29.9 Å². The summed E-state index contributed by atoms with van der Waals surface area (Å²) in [6.45, 7) is 1.21. The first-order valence-corrected chi connectivity index (χ1v) is 8.09. The van der Waals surface area contributed by atoms with E-state index >= 15 is 0 Å². The highest BCUT2D eigenvalue weighted by Crippen LogP contribution is 2.40. The molecule has 4 heteroatoms. The number of aromatic hydroxyl groups is 1. The molecule has 1 N–H and O–H groups in total. The summed E-state index contributed by atoms with van der Waals surface area (Å²) in [6.07, 6.45) is 2.50. The number of anilines is 1. The zero-order valence-electron chi connectivity index (χ0n) is 12.9. The third kappa shape index (κ3) is 2.34. The second kappa shape index (κ2) is 5.61. The van der Waals surface area contributed by atoms with Crippen LogP contribution in [0.2, 0.25) is 0 Å². The molecule has 2 aliphatic heterocycles. The van der Waals surface area contributed by atoms with Crippen molar-refractivity contribution in [2.24, 2.45) is 0 Å². The van der Waals surface area contributed by atoms with E-state index in [1.807, 2.05) is 36.4 Å². The maximum Gasteiger partial charge on any atom is 0.234 e. The van der Waals surface area contributed by atoms with Crippen LogP contribution in [0.25, 0.3) is 0 Å². The van der Waals surface area contributed by atoms with Crippen molar-refractivity contribution in [3.05, 3.63) is 53.6 Å². The Balaban J connectivity index is 1.72. The van der Waals surface area contributed by atoms with Crippen LogP contribution in [0.15, 0.2) is 42.5 Å². The first kappa shape index (κ1) is 14.1. The molecule has 0 spiro atoms. The van der Waals surface area contributed by atoms with E-state index in [9.17, 15) is 9.90 Å². The lowest BCUT2D eigenvalue weighted by molar-refractivity contribution is -0.120. The maximum atomic E-state index is 13.2. The van der Waals surface area contributed by atoms with Gasteiger partial charge in [0.15, 0.2) is 0 Å². The Bertz CT molecular complexity index is 756. The Morgan fingerprint density at radius 3 is 2.96 bits per heavy atom. The van der Waals surface area contributed by atoms with E-state index in [0.29, 0.717) is 25.3 Å². The Morgan fingerprint density at radius 2 is 2.04 bits per heavy atom. The minimum atomic E-state index is -0.203. The quantitative estimate of drug-likeness (QED) is 0.880. The summed E-state index contributed by atoms with van der Waals surface area (Å²) in [5.74, 6) is 0.844. The highest BCUT2D eigenvalue weighted by atomic mass is 16.5. The van der Waals surface area contributed by atoms with Crippen LogP contribution in [0.3, 0.4) is 0 Å². The van der Waals surface area contributed by atoms with Crippen LogP contribution >= 0.6 is 0 Å². The number of amides is 1. The number of nitrogens with zero attached hydrogens (tertiary/aromatic N) is 1. The van der Waals surface area contributed by atoms with Gasteiger partial charge in [-0.25, -0.2) is 0 Å². The van der Waals surface area contributed by atoms with E-state index in [-0.39, 0.29) is 17.6 Å². The van der Waals surface area contributed by atoms with Gasteiger partial charge in [-0.2, -0.15) is 0 Å². The van der Waals surface area contributed by atoms with Crippen LogP contribution in [-0.2, 0) is 11.2 Å². The van der Waals surface area contributed by atoms with E-state index in [1.165, 1.54) is 0 Å². The molecule has 0 bridgehead atoms. The van der Waals surface area contributed by atoms with Crippen molar-refractivity contribution >= 4 is 11.6 Å². The molecule has 0 saturated heterocycles. The van der Waals surface area contributed by atoms with Crippen LogP contribution < -0.4 is 9.64 Å². The predicted molar refractivity (Wildman–Crippen MR) is 88.1 cm³/mol. The molecule has 2 heterocycles. The van der Waals surface area contributed by atoms with Crippen LogP contribution in [0.5, 0.6) is 11.5 Å². The molecular formula is C19H19NO3. The lowest BCUT2D eigenvalue weighted by Gasteiger charge is -2.34. The summed E-state index contributed by atoms with van der Waals surface area (Å²) in [4.78, 5) is 15.0. The van der Waals surface area contributed by atoms with Gasteiger partial charge in [-0.3, -0.25) is 4.79 Å². The molecule has 0 saturated carbocycles. The first-order valence-electron chi connectivity index (χ1n) is 8.09. The summed E-state index contributed by atoms with van der Waals surface area (Å²) in [5, 5.41) is 10.3. The summed E-state index contributed by atoms with van der Waals surface area (Å²) in [7, 11) is 0. The highest BCUT2D eigenvalue weighted by Gasteiger charge is 2.34. The molecule has 118 valence electrons. The summed E-state index contributed by atoms with van der Waals surface area (Å²) in [5.41, 5.74) is 2.68. The molecule has 23 heavy (non-hydrogen) atoms. The molecular weight excluding hydrogens is 290 g/mol. The van der Waals surface area contributed by atoms with E-state index in [1.54, 1.807) is 11.0 Å². The number of rotatable bonds is 1. The monoisotopic (exact) mass is 309 g/mol. The van der Waals surface area contributed by atoms with Gasteiger partial charge in [0.2, 0.25) is 5.91 Å². The fraction of sp³-hybridized carbons (Fsp3) is 0.316. The molecule has 0 aromatic heterocycles. The number of para-hydroxylation sites is 2. The number of carbonyl (C=O) groups is 1. The molecule has 2 aromatic rings. The van der Waals surface area contributed by atoms with Gasteiger partial charge < -0.3 is 14.7 Å². The van der Waals surface area contributed by atoms with Crippen molar-refractivity contribution in [1.82, 2.24) is 0 Å². The minimum absolute atomic E-state index is 0.0585. The average molecular weight is 309 g/mol. The van der Waals surface area contributed by atoms with Crippen molar-refractivity contribution in [2.75, 3.05) is 18.1 Å². The minimum Gasteiger partial charge on any atom is -0.506 e. The molecule has 4 nitrogen and oxygen atoms in total. The molecule has 0 radical (unpaired) electrons. The fourth-order valence-corrected chi connectivity index (χ4v) is 3.64. The van der Waals surface area contributed by atoms with Gasteiger partial charge in [-0.05, 0) is 37.0 Å². The van der Waals surface area contributed by atoms with Crippen molar-refractivity contribution in [3.8, 4) is 11.5 Å². The van der Waals surface area contributed by atoms with Gasteiger partial charge in [0.25, 0.3) is 0 Å². The van der Waals surface area contributed by atoms with E-state index in [2.05, 4.69) is 0 Å². The van der Waals surface area contributed by atoms with Crippen molar-refractivity contribution in [2.45, 2.75) is 25.2 Å². The first-order chi connectivity index (χ1) is 11.3. The third-order valence-electron chi connectivity index (χ3n) is 4.72. The molecule has 0 fully saturated rings. The van der Waals surface area contributed by atoms with Crippen LogP contribution in [0, 0.1) is 0 Å². The highest BCUT2D eigenvalue weighted by molar-refractivity contribution is 6.00. The SMILES string of the molecule is O=C(C1CCOc2ccccc21)N1CCCc2cccc(O)c21. The maximum absolute atomic E-state index is 13.2. The molecule has 0 aliphatic carbocycles. The molecule has 4 rings (SSSR count). The topological polar surface area (TPSA) is 49.8 Å². The van der Waals surface area contributed by atoms with Gasteiger partial charge in [0.05, 0.1) is 18.2 Å². The molecule has 1 unspecified atom stereocenters. The van der Waals surface area contributed by atoms with E-state index < -0.39 is 0 Å². The largest absolute Gasteiger partial charge is 0.506 e. The number of hydrogen-bond donors (Lipinski definition) is 1. The molecule has 1 amide bonds. The summed E-state index contributed by atoms with van der Waals surface area (Å²) < 4.78 is 5.66. The molecule has 2 aliphatic rings. The lowest BCUT2D eigenvalue weighted by Crippen LogP contribution is -2.40. The Morgan fingerprint density at radius 1 is 1.17 bits per heavy atom. The van der Waals surface area contributed by atoms with E-state index in [0.717, 1.165) is 29.7 Å². The van der Waals surface area contributed by atoms with Gasteiger partial charge in [0.1, 0.15) is 11.5 Å². The number of phenolic OH excluding ortho intramolecular Hbond substituents is 1. The number of hydrogen-bond acceptors (Lipinski definition) is 3. The normalized spacial score (nSPS) is 19.5. The molecule has 1 atom stereocenters.